The number of carbonyl (C=O) groups is 1. The van der Waals surface area contributed by atoms with Gasteiger partial charge in [0.25, 0.3) is 5.91 Å². The molecule has 2 aliphatic heterocycles. The highest BCUT2D eigenvalue weighted by molar-refractivity contribution is 5.77. The molecule has 2 heterocycles. The maximum Gasteiger partial charge on any atom is 0.275 e. The van der Waals surface area contributed by atoms with Crippen LogP contribution in [0, 0.1) is 6.92 Å². The van der Waals surface area contributed by atoms with Gasteiger partial charge in [0.2, 0.25) is 6.79 Å². The summed E-state index contributed by atoms with van der Waals surface area (Å²) in [4.78, 5) is 15.6. The molecule has 160 valence electrons. The Balaban J connectivity index is 1.23. The van der Waals surface area contributed by atoms with Gasteiger partial charge in [0.15, 0.2) is 18.0 Å². The van der Waals surface area contributed by atoms with Crippen molar-refractivity contribution in [2.75, 3.05) is 39.5 Å². The number of hydrogen-bond acceptors (Lipinski definition) is 3. The number of ether oxygens (including phenoxy) is 2. The average molecular weight is 412 g/mol. The first-order chi connectivity index (χ1) is 14.6. The van der Waals surface area contributed by atoms with Crippen LogP contribution in [-0.2, 0) is 11.3 Å². The number of piperazine rings is 1. The van der Waals surface area contributed by atoms with E-state index in [2.05, 4.69) is 55.6 Å². The number of rotatable bonds is 7. The van der Waals surface area contributed by atoms with Crippen LogP contribution in [0.15, 0.2) is 42.5 Å². The lowest BCUT2D eigenvalue weighted by Gasteiger charge is -2.30. The van der Waals surface area contributed by atoms with Crippen molar-refractivity contribution in [1.82, 2.24) is 5.32 Å². The van der Waals surface area contributed by atoms with E-state index in [1.54, 1.807) is 4.90 Å². The quantitative estimate of drug-likeness (QED) is 0.613. The summed E-state index contributed by atoms with van der Waals surface area (Å²) >= 11 is 0. The predicted molar refractivity (Wildman–Crippen MR) is 115 cm³/mol. The van der Waals surface area contributed by atoms with Crippen LogP contribution in [0.3, 0.4) is 0 Å². The van der Waals surface area contributed by atoms with Crippen LogP contribution in [0.2, 0.25) is 0 Å². The molecule has 2 aromatic rings. The molecule has 0 aromatic heterocycles. The van der Waals surface area contributed by atoms with E-state index in [9.17, 15) is 4.79 Å². The van der Waals surface area contributed by atoms with E-state index in [0.29, 0.717) is 13.3 Å². The average Bonchev–Trinajstić information content (AvgIpc) is 3.22. The summed E-state index contributed by atoms with van der Waals surface area (Å²) in [6.45, 7) is 10.3. The summed E-state index contributed by atoms with van der Waals surface area (Å²) in [7, 11) is 0. The molecule has 30 heavy (non-hydrogen) atoms. The molecule has 6 nitrogen and oxygen atoms in total. The highest BCUT2D eigenvalue weighted by Gasteiger charge is 2.26. The van der Waals surface area contributed by atoms with Gasteiger partial charge in [0.1, 0.15) is 32.7 Å². The van der Waals surface area contributed by atoms with Crippen LogP contribution in [0.1, 0.15) is 36.1 Å². The third-order valence-electron chi connectivity index (χ3n) is 6.19. The van der Waals surface area contributed by atoms with Gasteiger partial charge in [-0.3, -0.25) is 4.79 Å². The largest absolute Gasteiger partial charge is 0.454 e. The van der Waals surface area contributed by atoms with E-state index in [0.717, 1.165) is 50.6 Å². The lowest BCUT2D eigenvalue weighted by atomic mass is 10.0. The standard InChI is InChI=1S/C24H31N3O3/c1-3-21(20-7-4-18(2)5-8-20)25-24(28)16-27-12-10-26(11-13-27)15-19-6-9-22-23(14-19)30-17-29-22/h4-9,14,21H,3,10-13,15-17H2,1-2H3,(H,25,28)/p+2/t21-/m0/s1. The SMILES string of the molecule is CC[C@H](NC(=O)C[NH+]1CC[NH+](Cc2ccc3c(c2)OCO3)CC1)c1ccc(C)cc1. The number of carbonyl (C=O) groups excluding carboxylic acids is 1. The minimum atomic E-state index is 0.0930. The van der Waals surface area contributed by atoms with Crippen molar-refractivity contribution in [3.63, 3.8) is 0 Å². The minimum absolute atomic E-state index is 0.0930. The molecule has 0 unspecified atom stereocenters. The van der Waals surface area contributed by atoms with Gasteiger partial charge in [-0.1, -0.05) is 36.8 Å². The Morgan fingerprint density at radius 3 is 2.43 bits per heavy atom. The Kier molecular flexibility index (Phi) is 6.55. The number of quaternary nitrogens is 2. The van der Waals surface area contributed by atoms with Crippen molar-refractivity contribution in [1.29, 1.82) is 0 Å². The molecule has 0 aliphatic carbocycles. The number of hydrogen-bond donors (Lipinski definition) is 3. The normalized spacial score (nSPS) is 21.3. The Morgan fingerprint density at radius 2 is 1.70 bits per heavy atom. The molecule has 0 bridgehead atoms. The highest BCUT2D eigenvalue weighted by atomic mass is 16.7. The van der Waals surface area contributed by atoms with Gasteiger partial charge in [-0.15, -0.1) is 0 Å². The van der Waals surface area contributed by atoms with Gasteiger partial charge >= 0.3 is 0 Å². The molecule has 1 amide bonds. The summed E-state index contributed by atoms with van der Waals surface area (Å²) in [5.41, 5.74) is 3.70. The third kappa shape index (κ3) is 5.12. The molecular weight excluding hydrogens is 378 g/mol. The summed E-state index contributed by atoms with van der Waals surface area (Å²) < 4.78 is 10.9. The zero-order valence-corrected chi connectivity index (χ0v) is 18.0. The first kappa shape index (κ1) is 20.7. The fraction of sp³-hybridized carbons (Fsp3) is 0.458. The van der Waals surface area contributed by atoms with Crippen molar-refractivity contribution in [2.24, 2.45) is 0 Å². The van der Waals surface area contributed by atoms with Gasteiger partial charge < -0.3 is 24.6 Å². The molecule has 3 N–H and O–H groups in total. The fourth-order valence-electron chi connectivity index (χ4n) is 4.34. The second-order valence-corrected chi connectivity index (χ2v) is 8.48. The summed E-state index contributed by atoms with van der Waals surface area (Å²) in [6.07, 6.45) is 0.900. The third-order valence-corrected chi connectivity index (χ3v) is 6.19. The molecule has 2 aliphatic rings. The van der Waals surface area contributed by atoms with E-state index in [-0.39, 0.29) is 11.9 Å². The van der Waals surface area contributed by atoms with Crippen LogP contribution >= 0.6 is 0 Å². The first-order valence-electron chi connectivity index (χ1n) is 11.0. The Hall–Kier alpha value is -2.57. The van der Waals surface area contributed by atoms with E-state index in [1.165, 1.54) is 21.6 Å². The number of aryl methyl sites for hydroxylation is 1. The fourth-order valence-corrected chi connectivity index (χ4v) is 4.34. The van der Waals surface area contributed by atoms with Crippen LogP contribution in [0.4, 0.5) is 0 Å². The van der Waals surface area contributed by atoms with Crippen LogP contribution < -0.4 is 24.6 Å². The molecule has 2 aromatic carbocycles. The molecule has 0 spiro atoms. The topological polar surface area (TPSA) is 56.4 Å². The number of benzene rings is 2. The second-order valence-electron chi connectivity index (χ2n) is 8.48. The van der Waals surface area contributed by atoms with Gasteiger partial charge in [-0.25, -0.2) is 0 Å². The Bertz CT molecular complexity index is 860. The molecule has 1 fully saturated rings. The zero-order chi connectivity index (χ0) is 20.9. The van der Waals surface area contributed by atoms with Crippen molar-refractivity contribution in [2.45, 2.75) is 32.9 Å². The van der Waals surface area contributed by atoms with E-state index in [4.69, 9.17) is 9.47 Å². The molecule has 6 heteroatoms. The Morgan fingerprint density at radius 1 is 1.00 bits per heavy atom. The lowest BCUT2D eigenvalue weighted by molar-refractivity contribution is -1.02. The van der Waals surface area contributed by atoms with Crippen LogP contribution in [-0.4, -0.2) is 45.4 Å². The number of amides is 1. The molecule has 0 radical (unpaired) electrons. The van der Waals surface area contributed by atoms with Crippen molar-refractivity contribution in [3.05, 3.63) is 59.2 Å². The number of nitrogens with one attached hydrogen (secondary N) is 3. The summed E-state index contributed by atoms with van der Waals surface area (Å²) in [6, 6.07) is 14.8. The van der Waals surface area contributed by atoms with Crippen molar-refractivity contribution < 1.29 is 24.1 Å². The molecule has 1 saturated heterocycles. The van der Waals surface area contributed by atoms with Gasteiger partial charge in [0.05, 0.1) is 6.04 Å². The predicted octanol–water partition coefficient (Wildman–Crippen LogP) is 0.275. The molecule has 4 rings (SSSR count). The van der Waals surface area contributed by atoms with Crippen LogP contribution in [0.5, 0.6) is 11.5 Å². The van der Waals surface area contributed by atoms with E-state index in [1.807, 2.05) is 6.07 Å². The maximum absolute atomic E-state index is 12.6. The summed E-state index contributed by atoms with van der Waals surface area (Å²) in [5.74, 6) is 1.84. The minimum Gasteiger partial charge on any atom is -0.454 e. The monoisotopic (exact) mass is 411 g/mol. The lowest BCUT2D eigenvalue weighted by Crippen LogP contribution is -3.28. The number of fused-ring (bicyclic) bond motifs is 1. The zero-order valence-electron chi connectivity index (χ0n) is 18.0. The van der Waals surface area contributed by atoms with Gasteiger partial charge in [-0.05, 0) is 37.1 Å². The molecule has 1 atom stereocenters. The highest BCUT2D eigenvalue weighted by Crippen LogP contribution is 2.32. The van der Waals surface area contributed by atoms with Gasteiger partial charge in [0, 0.05) is 5.56 Å². The van der Waals surface area contributed by atoms with E-state index < -0.39 is 0 Å². The Labute approximate surface area is 178 Å². The molecule has 0 saturated carbocycles. The second kappa shape index (κ2) is 9.49. The first-order valence-corrected chi connectivity index (χ1v) is 11.0. The van der Waals surface area contributed by atoms with E-state index >= 15 is 0 Å². The summed E-state index contributed by atoms with van der Waals surface area (Å²) in [5, 5.41) is 3.23. The van der Waals surface area contributed by atoms with Gasteiger partial charge in [-0.2, -0.15) is 0 Å². The van der Waals surface area contributed by atoms with Crippen molar-refractivity contribution in [3.8, 4) is 11.5 Å². The van der Waals surface area contributed by atoms with Crippen molar-refractivity contribution >= 4 is 5.91 Å². The smallest absolute Gasteiger partial charge is 0.275 e. The maximum atomic E-state index is 12.6. The molecular formula is C24H33N3O3+2. The van der Waals surface area contributed by atoms with Crippen LogP contribution in [0.25, 0.3) is 0 Å².